The third kappa shape index (κ3) is 3.43. The summed E-state index contributed by atoms with van der Waals surface area (Å²) in [6, 6.07) is 5.33. The van der Waals surface area contributed by atoms with E-state index in [0.29, 0.717) is 17.0 Å². The van der Waals surface area contributed by atoms with Crippen molar-refractivity contribution >= 4 is 23.4 Å². The molecule has 0 unspecified atom stereocenters. The first kappa shape index (κ1) is 13.3. The number of hydrazine groups is 1. The van der Waals surface area contributed by atoms with Crippen LogP contribution in [0.3, 0.4) is 0 Å². The number of nitrogens with zero attached hydrogens (tertiary/aromatic N) is 2. The second-order valence-electron chi connectivity index (χ2n) is 3.71. The Labute approximate surface area is 114 Å². The van der Waals surface area contributed by atoms with Gasteiger partial charge in [0.15, 0.2) is 0 Å². The van der Waals surface area contributed by atoms with Crippen LogP contribution in [0.5, 0.6) is 0 Å². The van der Waals surface area contributed by atoms with Crippen molar-refractivity contribution in [1.29, 1.82) is 0 Å². The number of hydrogen-bond donors (Lipinski definition) is 3. The molecule has 0 spiro atoms. The van der Waals surface area contributed by atoms with Gasteiger partial charge in [0.1, 0.15) is 0 Å². The molecular formula is C12H13N5OS. The number of pyridine rings is 2. The van der Waals surface area contributed by atoms with Gasteiger partial charge in [-0.25, -0.2) is 5.84 Å². The molecule has 0 bridgehead atoms. The van der Waals surface area contributed by atoms with Gasteiger partial charge in [0.2, 0.25) is 0 Å². The van der Waals surface area contributed by atoms with E-state index in [9.17, 15) is 4.79 Å². The van der Waals surface area contributed by atoms with Gasteiger partial charge >= 0.3 is 0 Å². The molecule has 2 aromatic heterocycles. The summed E-state index contributed by atoms with van der Waals surface area (Å²) in [5.74, 6) is 5.35. The number of nitrogen functional groups attached to an aromatic ring is 2. The predicted molar refractivity (Wildman–Crippen MR) is 74.1 cm³/mol. The first-order valence-corrected chi connectivity index (χ1v) is 6.47. The highest BCUT2D eigenvalue weighted by Gasteiger charge is 2.05. The second kappa shape index (κ2) is 6.17. The zero-order chi connectivity index (χ0) is 13.7. The van der Waals surface area contributed by atoms with Gasteiger partial charge in [-0.2, -0.15) is 0 Å². The molecule has 6 nitrogen and oxygen atoms in total. The minimum absolute atomic E-state index is 0.356. The SMILES string of the molecule is NNC(=O)c1ccc(CSc2ccncc2N)nc1. The Kier molecular flexibility index (Phi) is 4.32. The summed E-state index contributed by atoms with van der Waals surface area (Å²) < 4.78 is 0. The lowest BCUT2D eigenvalue weighted by Crippen LogP contribution is -2.30. The van der Waals surface area contributed by atoms with Gasteiger partial charge in [0.05, 0.1) is 23.1 Å². The maximum absolute atomic E-state index is 11.2. The Morgan fingerprint density at radius 2 is 2.16 bits per heavy atom. The van der Waals surface area contributed by atoms with Crippen LogP contribution in [0.1, 0.15) is 16.1 Å². The number of nitrogens with two attached hydrogens (primary N) is 2. The fourth-order valence-electron chi connectivity index (χ4n) is 1.40. The van der Waals surface area contributed by atoms with E-state index < -0.39 is 0 Å². The van der Waals surface area contributed by atoms with E-state index in [-0.39, 0.29) is 5.91 Å². The summed E-state index contributed by atoms with van der Waals surface area (Å²) >= 11 is 1.57. The van der Waals surface area contributed by atoms with Crippen molar-refractivity contribution in [3.63, 3.8) is 0 Å². The normalized spacial score (nSPS) is 10.2. The molecule has 7 heteroatoms. The zero-order valence-electron chi connectivity index (χ0n) is 10.0. The lowest BCUT2D eigenvalue weighted by atomic mass is 10.2. The molecule has 5 N–H and O–H groups in total. The van der Waals surface area contributed by atoms with Gasteiger partial charge in [0.25, 0.3) is 5.91 Å². The van der Waals surface area contributed by atoms with Crippen molar-refractivity contribution in [2.75, 3.05) is 5.73 Å². The van der Waals surface area contributed by atoms with Crippen molar-refractivity contribution in [3.05, 3.63) is 48.0 Å². The highest BCUT2D eigenvalue weighted by Crippen LogP contribution is 2.26. The molecule has 0 saturated heterocycles. The number of anilines is 1. The Morgan fingerprint density at radius 1 is 1.32 bits per heavy atom. The summed E-state index contributed by atoms with van der Waals surface area (Å²) in [6.45, 7) is 0. The number of thioether (sulfide) groups is 1. The summed E-state index contributed by atoms with van der Waals surface area (Å²) in [6.07, 6.45) is 4.80. The molecule has 0 atom stereocenters. The van der Waals surface area contributed by atoms with Crippen LogP contribution in [0.25, 0.3) is 0 Å². The lowest BCUT2D eigenvalue weighted by molar-refractivity contribution is 0.0953. The molecule has 2 heterocycles. The van der Waals surface area contributed by atoms with E-state index in [2.05, 4.69) is 15.4 Å². The van der Waals surface area contributed by atoms with Crippen LogP contribution >= 0.6 is 11.8 Å². The molecular weight excluding hydrogens is 262 g/mol. The summed E-state index contributed by atoms with van der Waals surface area (Å²) in [5, 5.41) is 0. The molecule has 0 aromatic carbocycles. The molecule has 0 saturated carbocycles. The number of carbonyl (C=O) groups excluding carboxylic acids is 1. The number of carbonyl (C=O) groups is 1. The summed E-state index contributed by atoms with van der Waals surface area (Å²) in [4.78, 5) is 20.3. The Morgan fingerprint density at radius 3 is 2.79 bits per heavy atom. The largest absolute Gasteiger partial charge is 0.397 e. The minimum atomic E-state index is -0.356. The first-order valence-electron chi connectivity index (χ1n) is 5.49. The smallest absolute Gasteiger partial charge is 0.266 e. The highest BCUT2D eigenvalue weighted by molar-refractivity contribution is 7.98. The average molecular weight is 275 g/mol. The minimum Gasteiger partial charge on any atom is -0.397 e. The Balaban J connectivity index is 2.01. The fraction of sp³-hybridized carbons (Fsp3) is 0.0833. The molecule has 0 radical (unpaired) electrons. The van der Waals surface area contributed by atoms with Gasteiger partial charge in [-0.1, -0.05) is 0 Å². The number of rotatable bonds is 4. The lowest BCUT2D eigenvalue weighted by Gasteiger charge is -2.05. The second-order valence-corrected chi connectivity index (χ2v) is 4.73. The zero-order valence-corrected chi connectivity index (χ0v) is 10.9. The standard InChI is InChI=1S/C12H13N5OS/c13-10-6-15-4-3-11(10)19-7-9-2-1-8(5-16-9)12(18)17-14/h1-6H,7,13-14H2,(H,17,18). The van der Waals surface area contributed by atoms with E-state index >= 15 is 0 Å². The molecule has 98 valence electrons. The van der Waals surface area contributed by atoms with Gasteiger partial charge in [0, 0.05) is 23.0 Å². The fourth-order valence-corrected chi connectivity index (χ4v) is 2.26. The Bertz CT molecular complexity index is 573. The van der Waals surface area contributed by atoms with Crippen LogP contribution in [-0.2, 0) is 5.75 Å². The van der Waals surface area contributed by atoms with Crippen molar-refractivity contribution < 1.29 is 4.79 Å². The molecule has 2 rings (SSSR count). The van der Waals surface area contributed by atoms with Crippen molar-refractivity contribution in [2.45, 2.75) is 10.6 Å². The van der Waals surface area contributed by atoms with E-state index in [1.165, 1.54) is 6.20 Å². The van der Waals surface area contributed by atoms with Crippen molar-refractivity contribution in [1.82, 2.24) is 15.4 Å². The molecule has 0 aliphatic rings. The summed E-state index contributed by atoms with van der Waals surface area (Å²) in [7, 11) is 0. The van der Waals surface area contributed by atoms with Gasteiger partial charge in [-0.3, -0.25) is 20.2 Å². The van der Waals surface area contributed by atoms with Crippen LogP contribution in [-0.4, -0.2) is 15.9 Å². The third-order valence-corrected chi connectivity index (χ3v) is 3.53. The van der Waals surface area contributed by atoms with Crippen LogP contribution in [0, 0.1) is 0 Å². The van der Waals surface area contributed by atoms with E-state index in [1.54, 1.807) is 36.3 Å². The molecule has 0 aliphatic carbocycles. The molecule has 1 amide bonds. The van der Waals surface area contributed by atoms with Crippen LogP contribution in [0.4, 0.5) is 5.69 Å². The van der Waals surface area contributed by atoms with Crippen LogP contribution < -0.4 is 17.0 Å². The van der Waals surface area contributed by atoms with Crippen molar-refractivity contribution in [2.24, 2.45) is 5.84 Å². The monoisotopic (exact) mass is 275 g/mol. The number of nitrogens with one attached hydrogen (secondary N) is 1. The average Bonchev–Trinajstić information content (AvgIpc) is 2.46. The number of aromatic nitrogens is 2. The van der Waals surface area contributed by atoms with Crippen molar-refractivity contribution in [3.8, 4) is 0 Å². The molecule has 0 fully saturated rings. The predicted octanol–water partition coefficient (Wildman–Crippen LogP) is 0.955. The number of hydrogen-bond acceptors (Lipinski definition) is 6. The van der Waals surface area contributed by atoms with Crippen LogP contribution in [0.15, 0.2) is 41.7 Å². The highest BCUT2D eigenvalue weighted by atomic mass is 32.2. The van der Waals surface area contributed by atoms with Gasteiger partial charge in [-0.05, 0) is 18.2 Å². The van der Waals surface area contributed by atoms with Gasteiger partial charge in [-0.15, -0.1) is 11.8 Å². The van der Waals surface area contributed by atoms with E-state index in [4.69, 9.17) is 11.6 Å². The van der Waals surface area contributed by atoms with E-state index in [1.807, 2.05) is 6.07 Å². The van der Waals surface area contributed by atoms with Gasteiger partial charge < -0.3 is 5.73 Å². The number of amides is 1. The van der Waals surface area contributed by atoms with E-state index in [0.717, 1.165) is 10.6 Å². The maximum atomic E-state index is 11.2. The maximum Gasteiger partial charge on any atom is 0.266 e. The quantitative estimate of drug-likeness (QED) is 0.332. The topological polar surface area (TPSA) is 107 Å². The first-order chi connectivity index (χ1) is 9.20. The molecule has 0 aliphatic heterocycles. The molecule has 19 heavy (non-hydrogen) atoms. The Hall–Kier alpha value is -2.12. The summed E-state index contributed by atoms with van der Waals surface area (Å²) in [5.41, 5.74) is 9.79. The molecule has 2 aromatic rings. The van der Waals surface area contributed by atoms with Crippen LogP contribution in [0.2, 0.25) is 0 Å². The third-order valence-electron chi connectivity index (χ3n) is 2.40.